The van der Waals surface area contributed by atoms with Gasteiger partial charge >= 0.3 is 18.0 Å². The normalized spacial score (nSPS) is 11.2. The van der Waals surface area contributed by atoms with Crippen molar-refractivity contribution < 1.29 is 32.2 Å². The molecule has 2 N–H and O–H groups in total. The van der Waals surface area contributed by atoms with Crippen LogP contribution in [0.4, 0.5) is 18.9 Å². The molecular weight excluding hydrogens is 499 g/mol. The molecule has 11 heteroatoms. The van der Waals surface area contributed by atoms with Gasteiger partial charge in [-0.1, -0.05) is 29.8 Å². The maximum absolute atomic E-state index is 12.8. The largest absolute Gasteiger partial charge is 0.490 e. The highest BCUT2D eigenvalue weighted by atomic mass is 35.5. The van der Waals surface area contributed by atoms with E-state index in [0.29, 0.717) is 35.3 Å². The van der Waals surface area contributed by atoms with Gasteiger partial charge in [0.15, 0.2) is 11.5 Å². The van der Waals surface area contributed by atoms with E-state index >= 15 is 0 Å². The molecule has 0 saturated heterocycles. The quantitative estimate of drug-likeness (QED) is 0.236. The van der Waals surface area contributed by atoms with E-state index in [2.05, 4.69) is 10.4 Å². The lowest BCUT2D eigenvalue weighted by Gasteiger charge is -2.12. The molecule has 0 heterocycles. The van der Waals surface area contributed by atoms with Crippen molar-refractivity contribution in [2.75, 3.05) is 11.9 Å². The van der Waals surface area contributed by atoms with Crippen LogP contribution in [-0.2, 0) is 22.4 Å². The zero-order chi connectivity index (χ0) is 26.1. The van der Waals surface area contributed by atoms with Crippen LogP contribution in [0.5, 0.6) is 11.5 Å². The summed E-state index contributed by atoms with van der Waals surface area (Å²) in [5.74, 6) is -1.39. The van der Waals surface area contributed by atoms with Gasteiger partial charge in [-0.05, 0) is 66.6 Å². The highest BCUT2D eigenvalue weighted by Crippen LogP contribution is 2.31. The molecule has 0 aromatic heterocycles. The van der Waals surface area contributed by atoms with Gasteiger partial charge in [0, 0.05) is 10.7 Å². The molecule has 2 amide bonds. The van der Waals surface area contributed by atoms with Crippen molar-refractivity contribution in [3.8, 4) is 11.5 Å². The molecule has 0 fully saturated rings. The van der Waals surface area contributed by atoms with Crippen LogP contribution in [0.3, 0.4) is 0 Å². The molecule has 7 nitrogen and oxygen atoms in total. The molecule has 0 aliphatic heterocycles. The summed E-state index contributed by atoms with van der Waals surface area (Å²) in [6.45, 7) is 2.49. The topological polar surface area (TPSA) is 89.0 Å². The van der Waals surface area contributed by atoms with E-state index in [1.165, 1.54) is 12.3 Å². The van der Waals surface area contributed by atoms with Crippen molar-refractivity contribution in [1.29, 1.82) is 0 Å². The molecule has 0 unspecified atom stereocenters. The molecule has 0 aliphatic carbocycles. The number of carbonyl (C=O) groups is 2. The Morgan fingerprint density at radius 3 is 2.42 bits per heavy atom. The first kappa shape index (κ1) is 26.6. The van der Waals surface area contributed by atoms with Crippen molar-refractivity contribution in [1.82, 2.24) is 5.43 Å². The average molecular weight is 520 g/mol. The summed E-state index contributed by atoms with van der Waals surface area (Å²) in [5.41, 5.74) is 2.35. The summed E-state index contributed by atoms with van der Waals surface area (Å²) in [7, 11) is 0. The molecule has 0 bridgehead atoms. The van der Waals surface area contributed by atoms with E-state index in [1.54, 1.807) is 30.3 Å². The molecule has 36 heavy (non-hydrogen) atoms. The Morgan fingerprint density at radius 1 is 0.972 bits per heavy atom. The van der Waals surface area contributed by atoms with Gasteiger partial charge in [0.25, 0.3) is 0 Å². The Balaban J connectivity index is 1.59. The first-order valence-corrected chi connectivity index (χ1v) is 11.0. The highest BCUT2D eigenvalue weighted by molar-refractivity contribution is 6.39. The number of rotatable bonds is 8. The smallest absolute Gasteiger partial charge is 0.416 e. The maximum atomic E-state index is 12.8. The highest BCUT2D eigenvalue weighted by Gasteiger charge is 2.30. The van der Waals surface area contributed by atoms with Crippen LogP contribution < -0.4 is 20.2 Å². The van der Waals surface area contributed by atoms with Gasteiger partial charge in [-0.15, -0.1) is 0 Å². The number of nitrogens with one attached hydrogen (secondary N) is 2. The van der Waals surface area contributed by atoms with Crippen LogP contribution in [0.25, 0.3) is 0 Å². The third kappa shape index (κ3) is 7.74. The van der Waals surface area contributed by atoms with Gasteiger partial charge in [0.2, 0.25) is 0 Å². The van der Waals surface area contributed by atoms with Crippen molar-refractivity contribution in [2.24, 2.45) is 5.10 Å². The van der Waals surface area contributed by atoms with Gasteiger partial charge in [-0.3, -0.25) is 9.59 Å². The number of amides is 2. The number of nitrogens with zero attached hydrogens (tertiary/aromatic N) is 1. The molecule has 0 saturated carbocycles. The first-order chi connectivity index (χ1) is 17.2. The number of benzene rings is 3. The molecule has 3 aromatic rings. The SMILES string of the molecule is CCOc1cc(/C=N/NC(=O)C(=O)Nc2cccc(C(F)(F)F)c2)ccc1OCc1ccc(Cl)cc1. The first-order valence-electron chi connectivity index (χ1n) is 10.6. The summed E-state index contributed by atoms with van der Waals surface area (Å²) in [6.07, 6.45) is -3.30. The second-order valence-electron chi connectivity index (χ2n) is 7.29. The third-order valence-corrected chi connectivity index (χ3v) is 4.86. The zero-order valence-corrected chi connectivity index (χ0v) is 19.7. The van der Waals surface area contributed by atoms with E-state index in [-0.39, 0.29) is 5.69 Å². The Morgan fingerprint density at radius 2 is 1.72 bits per heavy atom. The Bertz CT molecular complexity index is 1250. The molecule has 0 atom stereocenters. The van der Waals surface area contributed by atoms with Crippen molar-refractivity contribution in [3.63, 3.8) is 0 Å². The lowest BCUT2D eigenvalue weighted by molar-refractivity contribution is -0.137. The van der Waals surface area contributed by atoms with E-state index in [4.69, 9.17) is 21.1 Å². The van der Waals surface area contributed by atoms with Gasteiger partial charge in [-0.25, -0.2) is 5.43 Å². The second-order valence-corrected chi connectivity index (χ2v) is 7.72. The number of carbonyl (C=O) groups excluding carboxylic acids is 2. The van der Waals surface area contributed by atoms with Gasteiger partial charge in [0.05, 0.1) is 18.4 Å². The number of hydrazone groups is 1. The number of halogens is 4. The molecule has 0 aliphatic rings. The summed E-state index contributed by atoms with van der Waals surface area (Å²) < 4.78 is 49.8. The average Bonchev–Trinajstić information content (AvgIpc) is 2.84. The summed E-state index contributed by atoms with van der Waals surface area (Å²) in [5, 5.41) is 6.44. The molecular formula is C25H21ClF3N3O4. The Kier molecular flexibility index (Phi) is 8.91. The maximum Gasteiger partial charge on any atom is 0.416 e. The van der Waals surface area contributed by atoms with E-state index in [9.17, 15) is 22.8 Å². The Hall–Kier alpha value is -4.05. The van der Waals surface area contributed by atoms with Crippen LogP contribution in [0.1, 0.15) is 23.6 Å². The summed E-state index contributed by atoms with van der Waals surface area (Å²) >= 11 is 5.89. The van der Waals surface area contributed by atoms with Crippen LogP contribution in [0.15, 0.2) is 71.8 Å². The van der Waals surface area contributed by atoms with E-state index in [1.807, 2.05) is 24.5 Å². The predicted molar refractivity (Wildman–Crippen MR) is 129 cm³/mol. The van der Waals surface area contributed by atoms with Crippen molar-refractivity contribution >= 4 is 35.3 Å². The minimum Gasteiger partial charge on any atom is -0.490 e. The van der Waals surface area contributed by atoms with Crippen LogP contribution in [-0.4, -0.2) is 24.6 Å². The molecule has 3 aromatic carbocycles. The number of alkyl halides is 3. The van der Waals surface area contributed by atoms with E-state index in [0.717, 1.165) is 23.8 Å². The number of anilines is 1. The fourth-order valence-electron chi connectivity index (χ4n) is 2.91. The minimum absolute atomic E-state index is 0.176. The standard InChI is InChI=1S/C25H21ClF3N3O4/c1-2-35-22-12-17(8-11-21(22)36-15-16-6-9-19(26)10-7-16)14-30-32-24(34)23(33)31-20-5-3-4-18(13-20)25(27,28)29/h3-14H,2,15H2,1H3,(H,31,33)(H,32,34)/b30-14+. The van der Waals surface area contributed by atoms with Crippen LogP contribution >= 0.6 is 11.6 Å². The minimum atomic E-state index is -4.58. The lowest BCUT2D eigenvalue weighted by Crippen LogP contribution is -2.32. The van der Waals surface area contributed by atoms with Crippen LogP contribution in [0, 0.1) is 0 Å². The molecule has 0 spiro atoms. The number of ether oxygens (including phenoxy) is 2. The van der Waals surface area contributed by atoms with Gasteiger partial charge in [-0.2, -0.15) is 18.3 Å². The zero-order valence-electron chi connectivity index (χ0n) is 18.9. The van der Waals surface area contributed by atoms with Crippen LogP contribution in [0.2, 0.25) is 5.02 Å². The van der Waals surface area contributed by atoms with E-state index < -0.39 is 23.6 Å². The van der Waals surface area contributed by atoms with Crippen molar-refractivity contribution in [2.45, 2.75) is 19.7 Å². The molecule has 3 rings (SSSR count). The predicted octanol–water partition coefficient (Wildman–Crippen LogP) is 5.43. The number of hydrogen-bond acceptors (Lipinski definition) is 5. The number of hydrogen-bond donors (Lipinski definition) is 2. The fraction of sp³-hybridized carbons (Fsp3) is 0.160. The molecule has 0 radical (unpaired) electrons. The van der Waals surface area contributed by atoms with Gasteiger partial charge in [0.1, 0.15) is 6.61 Å². The van der Waals surface area contributed by atoms with Crippen molar-refractivity contribution in [3.05, 3.63) is 88.4 Å². The molecule has 188 valence electrons. The second kappa shape index (κ2) is 12.1. The monoisotopic (exact) mass is 519 g/mol. The summed E-state index contributed by atoms with van der Waals surface area (Å²) in [4.78, 5) is 24.0. The lowest BCUT2D eigenvalue weighted by atomic mass is 10.2. The third-order valence-electron chi connectivity index (χ3n) is 4.61. The Labute approximate surface area is 209 Å². The summed E-state index contributed by atoms with van der Waals surface area (Å²) in [6, 6.07) is 16.1. The fourth-order valence-corrected chi connectivity index (χ4v) is 3.04. The van der Waals surface area contributed by atoms with Gasteiger partial charge < -0.3 is 14.8 Å².